The lowest BCUT2D eigenvalue weighted by Gasteiger charge is -2.09. The van der Waals surface area contributed by atoms with Crippen molar-refractivity contribution in [1.82, 2.24) is 4.98 Å². The number of hydrogen-bond acceptors (Lipinski definition) is 3. The largest absolute Gasteiger partial charge is 0.383 e. The highest BCUT2D eigenvalue weighted by Gasteiger charge is 2.16. The highest BCUT2D eigenvalue weighted by Crippen LogP contribution is 2.27. The summed E-state index contributed by atoms with van der Waals surface area (Å²) in [5.74, 6) is -1.20. The summed E-state index contributed by atoms with van der Waals surface area (Å²) in [6.45, 7) is 0. The van der Waals surface area contributed by atoms with Gasteiger partial charge in [0.05, 0.1) is 10.4 Å². The first-order valence-corrected chi connectivity index (χ1v) is 5.08. The highest BCUT2D eigenvalue weighted by atomic mass is 32.1. The summed E-state index contributed by atoms with van der Waals surface area (Å²) in [7, 11) is 0. The second kappa shape index (κ2) is 4.04. The second-order valence-electron chi connectivity index (χ2n) is 2.97. The Morgan fingerprint density at radius 2 is 2.13 bits per heavy atom. The van der Waals surface area contributed by atoms with Crippen LogP contribution in [0.1, 0.15) is 16.5 Å². The van der Waals surface area contributed by atoms with Crippen molar-refractivity contribution in [2.24, 2.45) is 0 Å². The van der Waals surface area contributed by atoms with Gasteiger partial charge in [0.2, 0.25) is 0 Å². The van der Waals surface area contributed by atoms with Crippen LogP contribution in [0.3, 0.4) is 0 Å². The molecule has 2 aromatic rings. The number of nitrogens with zero attached hydrogens (tertiary/aromatic N) is 1. The molecule has 0 aliphatic heterocycles. The van der Waals surface area contributed by atoms with Crippen molar-refractivity contribution < 1.29 is 13.9 Å². The maximum absolute atomic E-state index is 13.3. The Morgan fingerprint density at radius 3 is 2.80 bits per heavy atom. The Labute approximate surface area is 88.8 Å². The average molecular weight is 227 g/mol. The average Bonchev–Trinajstić information content (AvgIpc) is 2.74. The third-order valence-corrected chi connectivity index (χ3v) is 2.80. The molecule has 0 amide bonds. The van der Waals surface area contributed by atoms with E-state index in [1.807, 2.05) is 0 Å². The van der Waals surface area contributed by atoms with Crippen LogP contribution >= 0.6 is 11.3 Å². The minimum Gasteiger partial charge on any atom is -0.383 e. The number of aromatic nitrogens is 1. The molecule has 78 valence electrons. The van der Waals surface area contributed by atoms with Gasteiger partial charge in [-0.1, -0.05) is 0 Å². The topological polar surface area (TPSA) is 33.1 Å². The summed E-state index contributed by atoms with van der Waals surface area (Å²) < 4.78 is 26.1. The van der Waals surface area contributed by atoms with E-state index >= 15 is 0 Å². The van der Waals surface area contributed by atoms with Gasteiger partial charge in [-0.05, 0) is 18.2 Å². The summed E-state index contributed by atoms with van der Waals surface area (Å²) in [5, 5.41) is 9.75. The van der Waals surface area contributed by atoms with Crippen molar-refractivity contribution >= 4 is 11.3 Å². The predicted octanol–water partition coefficient (Wildman–Crippen LogP) is 2.50. The Balaban J connectivity index is 2.41. The summed E-state index contributed by atoms with van der Waals surface area (Å²) in [6.07, 6.45) is 0.271. The molecule has 5 heteroatoms. The van der Waals surface area contributed by atoms with Crippen LogP contribution in [0.4, 0.5) is 8.78 Å². The van der Waals surface area contributed by atoms with Gasteiger partial charge in [-0.3, -0.25) is 4.98 Å². The molecule has 1 N–H and O–H groups in total. The molecule has 2 rings (SSSR count). The molecule has 1 aromatic carbocycles. The normalized spacial score (nSPS) is 12.7. The van der Waals surface area contributed by atoms with Gasteiger partial charge < -0.3 is 5.11 Å². The van der Waals surface area contributed by atoms with Crippen molar-refractivity contribution in [3.63, 3.8) is 0 Å². The monoisotopic (exact) mass is 227 g/mol. The number of aliphatic hydroxyl groups is 1. The fraction of sp³-hybridized carbons (Fsp3) is 0.100. The van der Waals surface area contributed by atoms with Gasteiger partial charge in [0.25, 0.3) is 0 Å². The van der Waals surface area contributed by atoms with E-state index in [-0.39, 0.29) is 5.56 Å². The quantitative estimate of drug-likeness (QED) is 0.855. The molecule has 0 aliphatic carbocycles. The predicted molar refractivity (Wildman–Crippen MR) is 52.5 cm³/mol. The molecule has 15 heavy (non-hydrogen) atoms. The van der Waals surface area contributed by atoms with E-state index in [2.05, 4.69) is 4.98 Å². The first-order valence-electron chi connectivity index (χ1n) is 4.20. The third-order valence-electron chi connectivity index (χ3n) is 1.97. The Bertz CT molecular complexity index is 458. The molecule has 2 nitrogen and oxygen atoms in total. The number of rotatable bonds is 2. The lowest BCUT2D eigenvalue weighted by Crippen LogP contribution is -2.01. The van der Waals surface area contributed by atoms with Gasteiger partial charge in [0.15, 0.2) is 0 Å². The Morgan fingerprint density at radius 1 is 1.33 bits per heavy atom. The minimum absolute atomic E-state index is 0.0701. The van der Waals surface area contributed by atoms with Crippen LogP contribution in [0.5, 0.6) is 0 Å². The molecular formula is C10H7F2NOS. The van der Waals surface area contributed by atoms with Crippen LogP contribution in [0.2, 0.25) is 0 Å². The number of benzene rings is 1. The van der Waals surface area contributed by atoms with Crippen molar-refractivity contribution in [3.05, 3.63) is 52.0 Å². The zero-order valence-electron chi connectivity index (χ0n) is 7.52. The van der Waals surface area contributed by atoms with Gasteiger partial charge >= 0.3 is 0 Å². The molecule has 0 saturated carbocycles. The lowest BCUT2D eigenvalue weighted by atomic mass is 10.1. The smallest absolute Gasteiger partial charge is 0.129 e. The zero-order chi connectivity index (χ0) is 10.8. The molecule has 0 aliphatic rings. The minimum atomic E-state index is -1.16. The number of thiazole rings is 1. The second-order valence-corrected chi connectivity index (χ2v) is 3.89. The molecule has 0 fully saturated rings. The SMILES string of the molecule is OC(c1cncs1)c1cc(F)ccc1F. The maximum atomic E-state index is 13.3. The Hall–Kier alpha value is -1.33. The van der Waals surface area contributed by atoms with E-state index in [4.69, 9.17) is 0 Å². The van der Waals surface area contributed by atoms with Crippen LogP contribution in [0.25, 0.3) is 0 Å². The van der Waals surface area contributed by atoms with Crippen LogP contribution < -0.4 is 0 Å². The van der Waals surface area contributed by atoms with Crippen LogP contribution in [-0.4, -0.2) is 10.1 Å². The Kier molecular flexibility index (Phi) is 2.75. The standard InChI is InChI=1S/C10H7F2NOS/c11-6-1-2-8(12)7(3-6)10(14)9-4-13-5-15-9/h1-5,10,14H. The van der Waals surface area contributed by atoms with E-state index < -0.39 is 17.7 Å². The fourth-order valence-corrected chi connectivity index (χ4v) is 1.86. The number of hydrogen-bond donors (Lipinski definition) is 1. The highest BCUT2D eigenvalue weighted by molar-refractivity contribution is 7.09. The first-order chi connectivity index (χ1) is 7.18. The summed E-state index contributed by atoms with van der Waals surface area (Å²) in [4.78, 5) is 4.25. The molecule has 0 bridgehead atoms. The number of halogens is 2. The molecule has 0 radical (unpaired) electrons. The summed E-state index contributed by atoms with van der Waals surface area (Å²) >= 11 is 1.19. The summed E-state index contributed by atoms with van der Waals surface area (Å²) in [5.41, 5.74) is 1.45. The first kappa shape index (κ1) is 10.2. The van der Waals surface area contributed by atoms with Crippen molar-refractivity contribution in [1.29, 1.82) is 0 Å². The van der Waals surface area contributed by atoms with E-state index in [0.717, 1.165) is 18.2 Å². The van der Waals surface area contributed by atoms with E-state index in [1.54, 1.807) is 0 Å². The van der Waals surface area contributed by atoms with Gasteiger partial charge in [0, 0.05) is 11.8 Å². The summed E-state index contributed by atoms with van der Waals surface area (Å²) in [6, 6.07) is 2.99. The number of aliphatic hydroxyl groups excluding tert-OH is 1. The van der Waals surface area contributed by atoms with Gasteiger partial charge in [-0.25, -0.2) is 8.78 Å². The van der Waals surface area contributed by atoms with Crippen LogP contribution in [-0.2, 0) is 0 Å². The van der Waals surface area contributed by atoms with Gasteiger partial charge in [0.1, 0.15) is 17.7 Å². The fourth-order valence-electron chi connectivity index (χ4n) is 1.24. The van der Waals surface area contributed by atoms with Crippen LogP contribution in [0.15, 0.2) is 29.9 Å². The van der Waals surface area contributed by atoms with E-state index in [0.29, 0.717) is 4.88 Å². The van der Waals surface area contributed by atoms with Crippen molar-refractivity contribution in [2.45, 2.75) is 6.10 Å². The molecule has 1 unspecified atom stereocenters. The molecule has 0 spiro atoms. The zero-order valence-corrected chi connectivity index (χ0v) is 8.34. The van der Waals surface area contributed by atoms with Crippen molar-refractivity contribution in [3.8, 4) is 0 Å². The lowest BCUT2D eigenvalue weighted by molar-refractivity contribution is 0.218. The molecule has 1 aromatic heterocycles. The van der Waals surface area contributed by atoms with Gasteiger partial charge in [-0.15, -0.1) is 11.3 Å². The van der Waals surface area contributed by atoms with Gasteiger partial charge in [-0.2, -0.15) is 0 Å². The molecule has 1 heterocycles. The van der Waals surface area contributed by atoms with Crippen molar-refractivity contribution in [2.75, 3.05) is 0 Å². The maximum Gasteiger partial charge on any atom is 0.129 e. The molecular weight excluding hydrogens is 220 g/mol. The van der Waals surface area contributed by atoms with E-state index in [1.165, 1.54) is 23.0 Å². The van der Waals surface area contributed by atoms with E-state index in [9.17, 15) is 13.9 Å². The molecule has 0 saturated heterocycles. The third kappa shape index (κ3) is 2.03. The molecule has 1 atom stereocenters. The van der Waals surface area contributed by atoms with Crippen LogP contribution in [0, 0.1) is 11.6 Å².